The van der Waals surface area contributed by atoms with Crippen molar-refractivity contribution < 1.29 is 56.9 Å². The fraction of sp³-hybridized carbons (Fsp3) is 0.952. The first-order chi connectivity index (χ1) is 15.9. The molecule has 0 aromatic carbocycles. The molecule has 0 saturated carbocycles. The van der Waals surface area contributed by atoms with Gasteiger partial charge in [0.2, 0.25) is 0 Å². The average molecular weight is 483 g/mol. The quantitative estimate of drug-likeness (QED) is 0.341. The Morgan fingerprint density at radius 3 is 1.58 bits per heavy atom. The van der Waals surface area contributed by atoms with Crippen LogP contribution in [0.25, 0.3) is 0 Å². The van der Waals surface area contributed by atoms with Crippen LogP contribution in [-0.2, 0) is 56.9 Å². The van der Waals surface area contributed by atoms with Crippen molar-refractivity contribution >= 4 is 5.97 Å². The van der Waals surface area contributed by atoms with E-state index in [1.165, 1.54) is 35.4 Å². The van der Waals surface area contributed by atoms with Crippen LogP contribution in [0.3, 0.4) is 0 Å². The van der Waals surface area contributed by atoms with Crippen molar-refractivity contribution in [3.63, 3.8) is 0 Å². The van der Waals surface area contributed by atoms with Crippen molar-refractivity contribution in [2.24, 2.45) is 0 Å². The zero-order chi connectivity index (χ0) is 24.5. The first-order valence-electron chi connectivity index (χ1n) is 10.7. The molecule has 194 valence electrons. The predicted molar refractivity (Wildman–Crippen MR) is 112 cm³/mol. The van der Waals surface area contributed by atoms with Crippen molar-refractivity contribution in [1.29, 1.82) is 0 Å². The Morgan fingerprint density at radius 1 is 0.606 bits per heavy atom. The maximum absolute atomic E-state index is 11.8. The van der Waals surface area contributed by atoms with Crippen molar-refractivity contribution in [2.45, 2.75) is 68.3 Å². The van der Waals surface area contributed by atoms with Crippen molar-refractivity contribution in [3.8, 4) is 0 Å². The summed E-state index contributed by atoms with van der Waals surface area (Å²) in [7, 11) is 10.7. The molecule has 2 fully saturated rings. The summed E-state index contributed by atoms with van der Waals surface area (Å²) in [6.45, 7) is 1.55. The molecule has 0 amide bonds. The summed E-state index contributed by atoms with van der Waals surface area (Å²) in [5.41, 5.74) is 0. The van der Waals surface area contributed by atoms with Gasteiger partial charge in [0.15, 0.2) is 18.7 Å². The molecule has 0 aromatic rings. The van der Waals surface area contributed by atoms with E-state index in [0.29, 0.717) is 0 Å². The molecule has 0 unspecified atom stereocenters. The summed E-state index contributed by atoms with van der Waals surface area (Å²) in [5, 5.41) is 0. The highest BCUT2D eigenvalue weighted by atomic mass is 16.7. The lowest BCUT2D eigenvalue weighted by Crippen LogP contribution is -2.63. The van der Waals surface area contributed by atoms with Crippen molar-refractivity contribution in [2.75, 3.05) is 63.0 Å². The van der Waals surface area contributed by atoms with Crippen LogP contribution in [0.5, 0.6) is 0 Å². The number of hydrogen-bond donors (Lipinski definition) is 0. The standard InChI is InChI=1S/C21H38O12/c1-11(22)31-15-13(32-20(29-8)18(27-6)17(15)26-5)10-30-21-19(28-7)16(25-4)14(24-3)12(33-21)9-23-2/h12-21H,9-10H2,1-8H3/t12-,13-,14-,15-,16+,17+,18-,19-,20+,21-/m1/s1. The van der Waals surface area contributed by atoms with E-state index in [1.54, 1.807) is 21.3 Å². The molecule has 0 bridgehead atoms. The molecule has 0 N–H and O–H groups in total. The van der Waals surface area contributed by atoms with E-state index in [0.717, 1.165) is 0 Å². The Kier molecular flexibility index (Phi) is 11.9. The van der Waals surface area contributed by atoms with E-state index in [9.17, 15) is 4.79 Å². The lowest BCUT2D eigenvalue weighted by Gasteiger charge is -2.46. The fourth-order valence-electron chi connectivity index (χ4n) is 4.35. The van der Waals surface area contributed by atoms with Gasteiger partial charge in [-0.1, -0.05) is 0 Å². The third-order valence-electron chi connectivity index (χ3n) is 5.83. The van der Waals surface area contributed by atoms with E-state index in [2.05, 4.69) is 0 Å². The second kappa shape index (κ2) is 13.8. The van der Waals surface area contributed by atoms with Gasteiger partial charge in [-0.25, -0.2) is 0 Å². The smallest absolute Gasteiger partial charge is 0.303 e. The van der Waals surface area contributed by atoms with Gasteiger partial charge in [0.1, 0.15) is 42.7 Å². The number of hydrogen-bond acceptors (Lipinski definition) is 12. The number of carbonyl (C=O) groups excluding carboxylic acids is 1. The number of carbonyl (C=O) groups is 1. The van der Waals surface area contributed by atoms with Gasteiger partial charge in [-0.05, 0) is 0 Å². The molecule has 12 nitrogen and oxygen atoms in total. The highest BCUT2D eigenvalue weighted by Crippen LogP contribution is 2.31. The summed E-state index contributed by atoms with van der Waals surface area (Å²) in [5.74, 6) is -0.493. The Morgan fingerprint density at radius 2 is 1.09 bits per heavy atom. The first-order valence-corrected chi connectivity index (χ1v) is 10.7. The molecule has 12 heteroatoms. The van der Waals surface area contributed by atoms with Crippen molar-refractivity contribution in [3.05, 3.63) is 0 Å². The zero-order valence-electron chi connectivity index (χ0n) is 20.6. The minimum Gasteiger partial charge on any atom is -0.457 e. The topological polar surface area (TPSA) is 119 Å². The van der Waals surface area contributed by atoms with E-state index in [4.69, 9.17) is 52.1 Å². The highest BCUT2D eigenvalue weighted by molar-refractivity contribution is 5.66. The van der Waals surface area contributed by atoms with Crippen LogP contribution in [0.1, 0.15) is 6.92 Å². The minimum atomic E-state index is -0.838. The molecular formula is C21H38O12. The molecule has 2 rings (SSSR count). The predicted octanol–water partition coefficient (Wildman–Crippen LogP) is -0.248. The molecule has 33 heavy (non-hydrogen) atoms. The van der Waals surface area contributed by atoms with Gasteiger partial charge in [0.05, 0.1) is 13.2 Å². The first kappa shape index (κ1) is 28.3. The maximum Gasteiger partial charge on any atom is 0.303 e. The summed E-state index contributed by atoms with van der Waals surface area (Å²) in [6.07, 6.45) is -6.41. The van der Waals surface area contributed by atoms with Gasteiger partial charge in [-0.15, -0.1) is 0 Å². The number of rotatable bonds is 12. The van der Waals surface area contributed by atoms with Crippen LogP contribution < -0.4 is 0 Å². The molecule has 2 heterocycles. The SMILES string of the molecule is COC[C@H]1O[C@@H](OC[C@H]2O[C@H](OC)[C@H](OC)[C@@H](OC)[C@@H]2OC(C)=O)[C@H](OC)[C@@H](OC)[C@@H]1OC. The summed E-state index contributed by atoms with van der Waals surface area (Å²) < 4.78 is 62.3. The molecule has 0 radical (unpaired) electrons. The van der Waals surface area contributed by atoms with E-state index < -0.39 is 67.4 Å². The molecule has 10 atom stereocenters. The van der Waals surface area contributed by atoms with Crippen LogP contribution in [0.2, 0.25) is 0 Å². The van der Waals surface area contributed by atoms with Crippen LogP contribution in [0.4, 0.5) is 0 Å². The summed E-state index contributed by atoms with van der Waals surface area (Å²) >= 11 is 0. The van der Waals surface area contributed by atoms with Gasteiger partial charge in [0.25, 0.3) is 0 Å². The highest BCUT2D eigenvalue weighted by Gasteiger charge is 2.51. The monoisotopic (exact) mass is 482 g/mol. The molecule has 0 aromatic heterocycles. The lowest BCUT2D eigenvalue weighted by atomic mass is 9.97. The third-order valence-corrected chi connectivity index (χ3v) is 5.83. The molecule has 2 saturated heterocycles. The van der Waals surface area contributed by atoms with Crippen LogP contribution in [0, 0.1) is 0 Å². The second-order valence-electron chi connectivity index (χ2n) is 7.69. The van der Waals surface area contributed by atoms with E-state index in [1.807, 2.05) is 0 Å². The third kappa shape index (κ3) is 6.60. The van der Waals surface area contributed by atoms with Crippen LogP contribution in [-0.4, -0.2) is 130 Å². The largest absolute Gasteiger partial charge is 0.457 e. The Hall–Kier alpha value is -0.930. The van der Waals surface area contributed by atoms with Gasteiger partial charge >= 0.3 is 5.97 Å². The molecule has 0 aliphatic carbocycles. The lowest BCUT2D eigenvalue weighted by molar-refractivity contribution is -0.337. The number of methoxy groups -OCH3 is 7. The Labute approximate surface area is 194 Å². The maximum atomic E-state index is 11.8. The van der Waals surface area contributed by atoms with Gasteiger partial charge in [0, 0.05) is 56.7 Å². The van der Waals surface area contributed by atoms with E-state index >= 15 is 0 Å². The summed E-state index contributed by atoms with van der Waals surface area (Å²) in [4.78, 5) is 11.8. The van der Waals surface area contributed by atoms with Crippen LogP contribution in [0.15, 0.2) is 0 Å². The fourth-order valence-corrected chi connectivity index (χ4v) is 4.35. The molecule has 2 aliphatic rings. The number of ether oxygens (including phenoxy) is 11. The zero-order valence-corrected chi connectivity index (χ0v) is 20.6. The number of esters is 1. The molecule has 0 spiro atoms. The van der Waals surface area contributed by atoms with Crippen molar-refractivity contribution in [1.82, 2.24) is 0 Å². The minimum absolute atomic E-state index is 0.0214. The Bertz CT molecular complexity index is 577. The van der Waals surface area contributed by atoms with Gasteiger partial charge < -0.3 is 52.1 Å². The molecular weight excluding hydrogens is 444 g/mol. The average Bonchev–Trinajstić information content (AvgIpc) is 2.81. The normalized spacial score (nSPS) is 39.4. The van der Waals surface area contributed by atoms with Gasteiger partial charge in [-0.3, -0.25) is 4.79 Å². The second-order valence-corrected chi connectivity index (χ2v) is 7.69. The molecule has 2 aliphatic heterocycles. The van der Waals surface area contributed by atoms with E-state index in [-0.39, 0.29) is 13.2 Å². The summed E-state index contributed by atoms with van der Waals surface area (Å²) in [6, 6.07) is 0. The van der Waals surface area contributed by atoms with Gasteiger partial charge in [-0.2, -0.15) is 0 Å². The Balaban J connectivity index is 2.22. The van der Waals surface area contributed by atoms with Crippen LogP contribution >= 0.6 is 0 Å².